The number of nitrogens with two attached hydrogens (primary N) is 1. The summed E-state index contributed by atoms with van der Waals surface area (Å²) in [5.74, 6) is 0.250. The number of carbonyl (C=O) groups excluding carboxylic acids is 1. The van der Waals surface area contributed by atoms with Gasteiger partial charge in [-0.25, -0.2) is 0 Å². The largest absolute Gasteiger partial charge is 0.368 e. The highest BCUT2D eigenvalue weighted by Gasteiger charge is 2.31. The summed E-state index contributed by atoms with van der Waals surface area (Å²) in [4.78, 5) is 12.6. The smallest absolute Gasteiger partial charge is 0.238 e. The molecule has 0 aliphatic heterocycles. The second-order valence-corrected chi connectivity index (χ2v) is 6.22. The van der Waals surface area contributed by atoms with Crippen molar-refractivity contribution in [2.45, 2.75) is 37.2 Å². The third-order valence-corrected chi connectivity index (χ3v) is 4.07. The van der Waals surface area contributed by atoms with Gasteiger partial charge in [0.15, 0.2) is 0 Å². The number of primary amides is 1. The van der Waals surface area contributed by atoms with Crippen molar-refractivity contribution in [3.05, 3.63) is 29.3 Å². The predicted molar refractivity (Wildman–Crippen MR) is 78.0 cm³/mol. The van der Waals surface area contributed by atoms with Gasteiger partial charge in [0.25, 0.3) is 0 Å². The molecule has 0 radical (unpaired) electrons. The number of nitrogens with one attached hydrogen (secondary N) is 1. The van der Waals surface area contributed by atoms with Crippen LogP contribution < -0.4 is 11.1 Å². The van der Waals surface area contributed by atoms with Crippen molar-refractivity contribution in [2.24, 2.45) is 5.73 Å². The molecule has 1 aromatic rings. The van der Waals surface area contributed by atoms with E-state index in [1.54, 1.807) is 11.8 Å². The summed E-state index contributed by atoms with van der Waals surface area (Å²) in [6.07, 6.45) is 0. The van der Waals surface area contributed by atoms with Gasteiger partial charge in [-0.1, -0.05) is 11.6 Å². The lowest BCUT2D eigenvalue weighted by molar-refractivity contribution is -0.123. The Morgan fingerprint density at radius 3 is 2.44 bits per heavy atom. The van der Waals surface area contributed by atoms with E-state index < -0.39 is 5.54 Å². The first-order valence-corrected chi connectivity index (χ1v) is 7.16. The summed E-state index contributed by atoms with van der Waals surface area (Å²) in [5.41, 5.74) is 4.76. The Kier molecular flexibility index (Phi) is 5.50. The number of rotatable bonds is 6. The quantitative estimate of drug-likeness (QED) is 0.791. The number of carbonyl (C=O) groups is 1. The van der Waals surface area contributed by atoms with Crippen LogP contribution in [0.25, 0.3) is 0 Å². The van der Waals surface area contributed by atoms with Gasteiger partial charge in [-0.3, -0.25) is 4.79 Å². The number of thioether (sulfide) groups is 1. The van der Waals surface area contributed by atoms with E-state index in [1.165, 1.54) is 0 Å². The molecule has 5 heteroatoms. The van der Waals surface area contributed by atoms with Gasteiger partial charge >= 0.3 is 0 Å². The third kappa shape index (κ3) is 4.52. The van der Waals surface area contributed by atoms with Crippen LogP contribution in [-0.2, 0) is 4.79 Å². The maximum atomic E-state index is 11.6. The maximum Gasteiger partial charge on any atom is 0.238 e. The molecule has 0 aromatic heterocycles. The molecule has 1 amide bonds. The molecule has 0 aliphatic carbocycles. The first kappa shape index (κ1) is 15.3. The molecule has 1 rings (SSSR count). The zero-order valence-electron chi connectivity index (χ0n) is 10.9. The summed E-state index contributed by atoms with van der Waals surface area (Å²) in [5, 5.41) is 3.92. The molecule has 0 spiro atoms. The van der Waals surface area contributed by atoms with Crippen molar-refractivity contribution in [1.29, 1.82) is 0 Å². The van der Waals surface area contributed by atoms with Crippen LogP contribution in [0, 0.1) is 0 Å². The van der Waals surface area contributed by atoms with Gasteiger partial charge in [-0.05, 0) is 45.0 Å². The van der Waals surface area contributed by atoms with Gasteiger partial charge in [-0.15, -0.1) is 11.8 Å². The second kappa shape index (κ2) is 6.45. The fraction of sp³-hybridized carbons (Fsp3) is 0.462. The average Bonchev–Trinajstić information content (AvgIpc) is 2.27. The highest BCUT2D eigenvalue weighted by Crippen LogP contribution is 2.24. The van der Waals surface area contributed by atoms with E-state index in [0.29, 0.717) is 10.8 Å². The Morgan fingerprint density at radius 1 is 1.44 bits per heavy atom. The minimum Gasteiger partial charge on any atom is -0.368 e. The molecule has 100 valence electrons. The van der Waals surface area contributed by atoms with Crippen LogP contribution in [0.2, 0.25) is 5.02 Å². The number of halogens is 1. The van der Waals surface area contributed by atoms with Crippen molar-refractivity contribution in [1.82, 2.24) is 5.32 Å². The van der Waals surface area contributed by atoms with Gasteiger partial charge in [0.2, 0.25) is 5.91 Å². The van der Waals surface area contributed by atoms with Crippen LogP contribution in [0.15, 0.2) is 29.2 Å². The van der Waals surface area contributed by atoms with Gasteiger partial charge < -0.3 is 11.1 Å². The molecule has 1 atom stereocenters. The van der Waals surface area contributed by atoms with Gasteiger partial charge in [0.1, 0.15) is 5.54 Å². The summed E-state index contributed by atoms with van der Waals surface area (Å²) in [6.45, 7) is 5.82. The molecule has 1 aromatic carbocycles. The highest BCUT2D eigenvalue weighted by atomic mass is 35.5. The summed E-state index contributed by atoms with van der Waals surface area (Å²) in [6, 6.07) is 7.74. The van der Waals surface area contributed by atoms with Crippen LogP contribution in [0.1, 0.15) is 20.8 Å². The minimum atomic E-state index is -0.710. The Labute approximate surface area is 117 Å². The lowest BCUT2D eigenvalue weighted by Gasteiger charge is -2.29. The molecule has 3 N–H and O–H groups in total. The number of benzene rings is 1. The molecule has 0 saturated carbocycles. The van der Waals surface area contributed by atoms with E-state index in [1.807, 2.05) is 45.0 Å². The van der Waals surface area contributed by atoms with E-state index in [-0.39, 0.29) is 11.9 Å². The van der Waals surface area contributed by atoms with E-state index >= 15 is 0 Å². The Balaban J connectivity index is 2.68. The second-order valence-electron chi connectivity index (χ2n) is 4.74. The lowest BCUT2D eigenvalue weighted by atomic mass is 10.0. The standard InChI is InChI=1S/C13H19ClN2OS/c1-9(2)16-13(3,12(15)17)8-18-11-6-4-10(14)5-7-11/h4-7,9,16H,8H2,1-3H3,(H2,15,17). The number of hydrogen-bond donors (Lipinski definition) is 2. The van der Waals surface area contributed by atoms with E-state index in [0.717, 1.165) is 4.90 Å². The average molecular weight is 287 g/mol. The van der Waals surface area contributed by atoms with Gasteiger partial charge in [-0.2, -0.15) is 0 Å². The molecular formula is C13H19ClN2OS. The molecular weight excluding hydrogens is 268 g/mol. The third-order valence-electron chi connectivity index (χ3n) is 2.49. The van der Waals surface area contributed by atoms with Gasteiger partial charge in [0, 0.05) is 21.7 Å². The van der Waals surface area contributed by atoms with Crippen LogP contribution >= 0.6 is 23.4 Å². The summed E-state index contributed by atoms with van der Waals surface area (Å²) < 4.78 is 0. The molecule has 0 saturated heterocycles. The van der Waals surface area contributed by atoms with Crippen molar-refractivity contribution < 1.29 is 4.79 Å². The van der Waals surface area contributed by atoms with Crippen molar-refractivity contribution >= 4 is 29.3 Å². The van der Waals surface area contributed by atoms with E-state index in [2.05, 4.69) is 5.32 Å². The first-order valence-electron chi connectivity index (χ1n) is 5.79. The molecule has 18 heavy (non-hydrogen) atoms. The van der Waals surface area contributed by atoms with Crippen LogP contribution in [0.4, 0.5) is 0 Å². The van der Waals surface area contributed by atoms with Crippen LogP contribution in [-0.4, -0.2) is 23.2 Å². The first-order chi connectivity index (χ1) is 8.33. The Morgan fingerprint density at radius 2 is 2.00 bits per heavy atom. The minimum absolute atomic E-state index is 0.202. The number of amides is 1. The zero-order valence-corrected chi connectivity index (χ0v) is 12.4. The molecule has 1 unspecified atom stereocenters. The lowest BCUT2D eigenvalue weighted by Crippen LogP contribution is -2.57. The number of hydrogen-bond acceptors (Lipinski definition) is 3. The maximum absolute atomic E-state index is 11.6. The zero-order chi connectivity index (χ0) is 13.8. The van der Waals surface area contributed by atoms with Crippen molar-refractivity contribution in [3.63, 3.8) is 0 Å². The Bertz CT molecular complexity index is 408. The molecule has 0 bridgehead atoms. The van der Waals surface area contributed by atoms with Gasteiger partial charge in [0.05, 0.1) is 0 Å². The fourth-order valence-corrected chi connectivity index (χ4v) is 2.72. The molecule has 0 aliphatic rings. The predicted octanol–water partition coefficient (Wildman–Crippen LogP) is 2.67. The fourth-order valence-electron chi connectivity index (χ4n) is 1.58. The molecule has 3 nitrogen and oxygen atoms in total. The van der Waals surface area contributed by atoms with Crippen LogP contribution in [0.3, 0.4) is 0 Å². The summed E-state index contributed by atoms with van der Waals surface area (Å²) >= 11 is 7.41. The van der Waals surface area contributed by atoms with Crippen molar-refractivity contribution in [2.75, 3.05) is 5.75 Å². The van der Waals surface area contributed by atoms with E-state index in [9.17, 15) is 4.79 Å². The Hall–Kier alpha value is -0.710. The van der Waals surface area contributed by atoms with Crippen molar-refractivity contribution in [3.8, 4) is 0 Å². The SMILES string of the molecule is CC(C)NC(C)(CSc1ccc(Cl)cc1)C(N)=O. The topological polar surface area (TPSA) is 55.1 Å². The van der Waals surface area contributed by atoms with E-state index in [4.69, 9.17) is 17.3 Å². The highest BCUT2D eigenvalue weighted by molar-refractivity contribution is 7.99. The molecule has 0 fully saturated rings. The summed E-state index contributed by atoms with van der Waals surface area (Å²) in [7, 11) is 0. The molecule has 0 heterocycles. The van der Waals surface area contributed by atoms with Crippen LogP contribution in [0.5, 0.6) is 0 Å². The normalized spacial score (nSPS) is 14.5. The monoisotopic (exact) mass is 286 g/mol.